The molecule has 1 atom stereocenters. The van der Waals surface area contributed by atoms with Gasteiger partial charge in [-0.05, 0) is 18.1 Å². The maximum absolute atomic E-state index is 12.6. The molecule has 2 rings (SSSR count). The Kier molecular flexibility index (Phi) is 9.07. The second kappa shape index (κ2) is 11.8. The van der Waals surface area contributed by atoms with E-state index in [9.17, 15) is 14.4 Å². The Hall–Kier alpha value is -2.80. The van der Waals surface area contributed by atoms with Gasteiger partial charge in [-0.3, -0.25) is 9.59 Å². The van der Waals surface area contributed by atoms with Crippen LogP contribution < -0.4 is 5.32 Å². The third-order valence-corrected chi connectivity index (χ3v) is 4.66. The van der Waals surface area contributed by atoms with Gasteiger partial charge in [0.25, 0.3) is 0 Å². The second-order valence-corrected chi connectivity index (χ2v) is 6.84. The lowest BCUT2D eigenvalue weighted by atomic mass is 10.1. The summed E-state index contributed by atoms with van der Waals surface area (Å²) in [7, 11) is 0. The van der Waals surface area contributed by atoms with E-state index in [0.717, 1.165) is 22.9 Å². The number of nitrogens with one attached hydrogen (secondary N) is 1. The Morgan fingerprint density at radius 2 is 1.54 bits per heavy atom. The molecule has 0 aliphatic rings. The molecular weight excluding hydrogens is 378 g/mol. The van der Waals surface area contributed by atoms with Crippen LogP contribution in [0.1, 0.15) is 18.1 Å². The first-order chi connectivity index (χ1) is 13.6. The number of benzene rings is 2. The molecule has 0 saturated carbocycles. The van der Waals surface area contributed by atoms with Gasteiger partial charge in [0.15, 0.2) is 0 Å². The van der Waals surface area contributed by atoms with E-state index in [-0.39, 0.29) is 24.1 Å². The molecule has 7 heteroatoms. The zero-order chi connectivity index (χ0) is 20.2. The summed E-state index contributed by atoms with van der Waals surface area (Å²) in [6.45, 7) is 2.06. The Morgan fingerprint density at radius 3 is 2.14 bits per heavy atom. The largest absolute Gasteiger partial charge is 0.465 e. The summed E-state index contributed by atoms with van der Waals surface area (Å²) >= 11 is 0.825. The normalized spacial score (nSPS) is 11.3. The number of amides is 1. The fourth-order valence-electron chi connectivity index (χ4n) is 2.38. The standard InChI is InChI=1S/C21H23NO5S/c1-2-26-19(23)15-28-20(24)18(13-16-9-5-3-6-10-16)22-21(25)27-14-17-11-7-4-8-12-17/h3-12,18H,2,13-15H2,1H3,(H,22,25). The highest BCUT2D eigenvalue weighted by atomic mass is 32.2. The van der Waals surface area contributed by atoms with Gasteiger partial charge in [0.05, 0.1) is 12.4 Å². The molecule has 0 radical (unpaired) electrons. The fraction of sp³-hybridized carbons (Fsp3) is 0.286. The first-order valence-electron chi connectivity index (χ1n) is 8.92. The summed E-state index contributed by atoms with van der Waals surface area (Å²) in [5.41, 5.74) is 1.74. The van der Waals surface area contributed by atoms with Crippen LogP contribution in [-0.4, -0.2) is 35.6 Å². The summed E-state index contributed by atoms with van der Waals surface area (Å²) in [5, 5.41) is 2.28. The molecule has 1 amide bonds. The van der Waals surface area contributed by atoms with Crippen LogP contribution in [0.4, 0.5) is 4.79 Å². The molecule has 0 aliphatic heterocycles. The van der Waals surface area contributed by atoms with E-state index in [1.807, 2.05) is 60.7 Å². The highest BCUT2D eigenvalue weighted by Gasteiger charge is 2.23. The highest BCUT2D eigenvalue weighted by Crippen LogP contribution is 2.12. The summed E-state index contributed by atoms with van der Waals surface area (Å²) in [6.07, 6.45) is -0.384. The van der Waals surface area contributed by atoms with Crippen molar-refractivity contribution in [2.75, 3.05) is 12.4 Å². The first-order valence-corrected chi connectivity index (χ1v) is 9.90. The second-order valence-electron chi connectivity index (χ2n) is 5.86. The van der Waals surface area contributed by atoms with Crippen LogP contribution in [0, 0.1) is 0 Å². The van der Waals surface area contributed by atoms with Crippen molar-refractivity contribution in [3.8, 4) is 0 Å². The van der Waals surface area contributed by atoms with E-state index in [1.165, 1.54) is 0 Å². The maximum atomic E-state index is 12.6. The average Bonchev–Trinajstić information content (AvgIpc) is 2.72. The van der Waals surface area contributed by atoms with Crippen LogP contribution in [0.3, 0.4) is 0 Å². The van der Waals surface area contributed by atoms with Crippen molar-refractivity contribution in [1.29, 1.82) is 0 Å². The van der Waals surface area contributed by atoms with Crippen molar-refractivity contribution >= 4 is 28.9 Å². The average molecular weight is 401 g/mol. The summed E-state index contributed by atoms with van der Waals surface area (Å²) in [4.78, 5) is 36.2. The zero-order valence-electron chi connectivity index (χ0n) is 15.6. The maximum Gasteiger partial charge on any atom is 0.408 e. The summed E-state index contributed by atoms with van der Waals surface area (Å²) in [6, 6.07) is 17.8. The minimum absolute atomic E-state index is 0.0985. The number of rotatable bonds is 9. The van der Waals surface area contributed by atoms with Gasteiger partial charge >= 0.3 is 12.1 Å². The van der Waals surface area contributed by atoms with Crippen LogP contribution in [0.5, 0.6) is 0 Å². The summed E-state index contributed by atoms with van der Waals surface area (Å²) < 4.78 is 10.0. The van der Waals surface area contributed by atoms with E-state index >= 15 is 0 Å². The van der Waals surface area contributed by atoms with Crippen molar-refractivity contribution in [2.45, 2.75) is 26.0 Å². The lowest BCUT2D eigenvalue weighted by molar-refractivity contribution is -0.140. The minimum atomic E-state index is -0.815. The monoisotopic (exact) mass is 401 g/mol. The van der Waals surface area contributed by atoms with Crippen LogP contribution in [0.15, 0.2) is 60.7 Å². The molecule has 1 unspecified atom stereocenters. The molecule has 0 saturated heterocycles. The van der Waals surface area contributed by atoms with Gasteiger partial charge in [-0.2, -0.15) is 0 Å². The molecule has 2 aromatic rings. The van der Waals surface area contributed by atoms with Crippen molar-refractivity contribution in [1.82, 2.24) is 5.32 Å². The molecule has 1 N–H and O–H groups in total. The molecule has 6 nitrogen and oxygen atoms in total. The number of alkyl carbamates (subject to hydrolysis) is 1. The molecular formula is C21H23NO5S. The molecule has 0 spiro atoms. The fourth-order valence-corrected chi connectivity index (χ4v) is 3.07. The van der Waals surface area contributed by atoms with Crippen molar-refractivity contribution in [2.24, 2.45) is 0 Å². The van der Waals surface area contributed by atoms with Crippen molar-refractivity contribution in [3.63, 3.8) is 0 Å². The number of hydrogen-bond donors (Lipinski definition) is 1. The first kappa shape index (κ1) is 21.5. The van der Waals surface area contributed by atoms with E-state index in [2.05, 4.69) is 5.32 Å². The van der Waals surface area contributed by atoms with E-state index in [1.54, 1.807) is 6.92 Å². The highest BCUT2D eigenvalue weighted by molar-refractivity contribution is 8.14. The molecule has 0 heterocycles. The van der Waals surface area contributed by atoms with Gasteiger partial charge in [-0.25, -0.2) is 4.79 Å². The lowest BCUT2D eigenvalue weighted by Crippen LogP contribution is -2.41. The number of carbonyl (C=O) groups is 3. The van der Waals surface area contributed by atoms with Crippen molar-refractivity contribution < 1.29 is 23.9 Å². The lowest BCUT2D eigenvalue weighted by Gasteiger charge is -2.17. The molecule has 0 fully saturated rings. The minimum Gasteiger partial charge on any atom is -0.465 e. The van der Waals surface area contributed by atoms with Gasteiger partial charge < -0.3 is 14.8 Å². The molecule has 0 aliphatic carbocycles. The Labute approximate surface area is 168 Å². The molecule has 0 aromatic heterocycles. The molecule has 2 aromatic carbocycles. The quantitative estimate of drug-likeness (QED) is 0.649. The third kappa shape index (κ3) is 7.84. The smallest absolute Gasteiger partial charge is 0.408 e. The summed E-state index contributed by atoms with van der Waals surface area (Å²) in [5.74, 6) is -0.565. The van der Waals surface area contributed by atoms with Gasteiger partial charge in [-0.1, -0.05) is 72.4 Å². The van der Waals surface area contributed by atoms with Gasteiger partial charge in [0.2, 0.25) is 5.12 Å². The number of carbonyl (C=O) groups excluding carboxylic acids is 3. The van der Waals surface area contributed by atoms with E-state index < -0.39 is 18.1 Å². The van der Waals surface area contributed by atoms with Crippen LogP contribution in [-0.2, 0) is 32.1 Å². The number of thioether (sulfide) groups is 1. The number of ether oxygens (including phenoxy) is 2. The molecule has 148 valence electrons. The van der Waals surface area contributed by atoms with Crippen LogP contribution in [0.25, 0.3) is 0 Å². The Balaban J connectivity index is 1.95. The van der Waals surface area contributed by atoms with Gasteiger partial charge in [-0.15, -0.1) is 0 Å². The Morgan fingerprint density at radius 1 is 0.929 bits per heavy atom. The molecule has 28 heavy (non-hydrogen) atoms. The zero-order valence-corrected chi connectivity index (χ0v) is 16.4. The van der Waals surface area contributed by atoms with Crippen LogP contribution in [0.2, 0.25) is 0 Å². The van der Waals surface area contributed by atoms with Gasteiger partial charge in [0.1, 0.15) is 12.6 Å². The number of esters is 1. The Bertz CT molecular complexity index is 767. The number of hydrogen-bond acceptors (Lipinski definition) is 6. The van der Waals surface area contributed by atoms with Gasteiger partial charge in [0, 0.05) is 6.42 Å². The SMILES string of the molecule is CCOC(=O)CSC(=O)C(Cc1ccccc1)NC(=O)OCc1ccccc1. The van der Waals surface area contributed by atoms with Crippen molar-refractivity contribution in [3.05, 3.63) is 71.8 Å². The van der Waals surface area contributed by atoms with E-state index in [0.29, 0.717) is 6.42 Å². The topological polar surface area (TPSA) is 81.7 Å². The molecule has 0 bridgehead atoms. The van der Waals surface area contributed by atoms with E-state index in [4.69, 9.17) is 9.47 Å². The third-order valence-electron chi connectivity index (χ3n) is 3.71. The van der Waals surface area contributed by atoms with Crippen LogP contribution >= 0.6 is 11.8 Å². The predicted octanol–water partition coefficient (Wildman–Crippen LogP) is 3.35. The predicted molar refractivity (Wildman–Crippen MR) is 108 cm³/mol.